The number of nitrogens with one attached hydrogen (secondary N) is 2. The molecule has 0 aromatic heterocycles. The summed E-state index contributed by atoms with van der Waals surface area (Å²) in [5.74, 6) is 0.287. The molecule has 3 aromatic rings. The van der Waals surface area contributed by atoms with Gasteiger partial charge in [0.2, 0.25) is 0 Å². The molecule has 8 nitrogen and oxygen atoms in total. The molecule has 0 radical (unpaired) electrons. The third kappa shape index (κ3) is 6.93. The first-order chi connectivity index (χ1) is 15.0. The predicted octanol–water partition coefficient (Wildman–Crippen LogP) is 4.50. The van der Waals surface area contributed by atoms with Crippen LogP contribution >= 0.6 is 15.9 Å². The lowest BCUT2D eigenvalue weighted by molar-refractivity contribution is -0.384. The van der Waals surface area contributed by atoms with Gasteiger partial charge in [-0.15, -0.1) is 0 Å². The normalized spacial score (nSPS) is 10.6. The van der Waals surface area contributed by atoms with E-state index in [9.17, 15) is 14.9 Å². The molecule has 158 valence electrons. The zero-order chi connectivity index (χ0) is 22.1. The average Bonchev–Trinajstić information content (AvgIpc) is 2.78. The second-order valence-corrected chi connectivity index (χ2v) is 7.32. The molecule has 9 heteroatoms. The number of benzene rings is 3. The van der Waals surface area contributed by atoms with Crippen LogP contribution in [0.5, 0.6) is 5.75 Å². The van der Waals surface area contributed by atoms with Gasteiger partial charge in [-0.1, -0.05) is 28.1 Å². The van der Waals surface area contributed by atoms with Crippen molar-refractivity contribution in [2.45, 2.75) is 6.61 Å². The number of hydrogen-bond donors (Lipinski definition) is 2. The van der Waals surface area contributed by atoms with Gasteiger partial charge in [-0.2, -0.15) is 5.10 Å². The molecule has 0 unspecified atom stereocenters. The van der Waals surface area contributed by atoms with E-state index in [-0.39, 0.29) is 24.7 Å². The zero-order valence-corrected chi connectivity index (χ0v) is 17.9. The summed E-state index contributed by atoms with van der Waals surface area (Å²) in [5.41, 5.74) is 4.81. The summed E-state index contributed by atoms with van der Waals surface area (Å²) in [6.45, 7) is 0.323. The molecule has 2 N–H and O–H groups in total. The quantitative estimate of drug-likeness (QED) is 0.265. The summed E-state index contributed by atoms with van der Waals surface area (Å²) in [5, 5.41) is 17.7. The highest BCUT2D eigenvalue weighted by atomic mass is 79.9. The van der Waals surface area contributed by atoms with E-state index in [1.165, 1.54) is 18.3 Å². The number of nitro groups is 1. The Morgan fingerprint density at radius 2 is 1.77 bits per heavy atom. The van der Waals surface area contributed by atoms with Crippen LogP contribution in [0.4, 0.5) is 11.4 Å². The topological polar surface area (TPSA) is 106 Å². The fourth-order valence-corrected chi connectivity index (χ4v) is 2.82. The van der Waals surface area contributed by atoms with Gasteiger partial charge in [0.05, 0.1) is 17.7 Å². The Morgan fingerprint density at radius 3 is 2.48 bits per heavy atom. The van der Waals surface area contributed by atoms with Crippen molar-refractivity contribution in [2.24, 2.45) is 5.10 Å². The summed E-state index contributed by atoms with van der Waals surface area (Å²) in [6.07, 6.45) is 1.50. The molecule has 31 heavy (non-hydrogen) atoms. The number of rotatable bonds is 9. The highest BCUT2D eigenvalue weighted by molar-refractivity contribution is 9.10. The van der Waals surface area contributed by atoms with Crippen LogP contribution in [0, 0.1) is 10.1 Å². The average molecular weight is 483 g/mol. The lowest BCUT2D eigenvalue weighted by Gasteiger charge is -2.09. The predicted molar refractivity (Wildman–Crippen MR) is 122 cm³/mol. The number of halogens is 1. The summed E-state index contributed by atoms with van der Waals surface area (Å²) >= 11 is 3.36. The van der Waals surface area contributed by atoms with E-state index in [0.717, 1.165) is 15.7 Å². The number of nitrogens with zero attached hydrogens (tertiary/aromatic N) is 2. The minimum absolute atomic E-state index is 0.0293. The van der Waals surface area contributed by atoms with E-state index < -0.39 is 4.92 Å². The van der Waals surface area contributed by atoms with Crippen LogP contribution < -0.4 is 15.5 Å². The molecular formula is C22H19BrN4O4. The van der Waals surface area contributed by atoms with E-state index in [2.05, 4.69) is 31.8 Å². The third-order valence-corrected chi connectivity index (χ3v) is 4.68. The molecule has 3 rings (SSSR count). The first kappa shape index (κ1) is 22.0. The van der Waals surface area contributed by atoms with Crippen LogP contribution in [-0.2, 0) is 11.4 Å². The van der Waals surface area contributed by atoms with Crippen molar-refractivity contribution >= 4 is 39.4 Å². The van der Waals surface area contributed by atoms with Crippen molar-refractivity contribution in [1.29, 1.82) is 0 Å². The number of hydrazone groups is 1. The van der Waals surface area contributed by atoms with Crippen molar-refractivity contribution in [3.05, 3.63) is 98.5 Å². The van der Waals surface area contributed by atoms with Crippen LogP contribution in [-0.4, -0.2) is 23.6 Å². The Kier molecular flexibility index (Phi) is 7.72. The summed E-state index contributed by atoms with van der Waals surface area (Å²) < 4.78 is 6.77. The second kappa shape index (κ2) is 10.9. The molecule has 0 heterocycles. The lowest BCUT2D eigenvalue weighted by Crippen LogP contribution is -2.25. The lowest BCUT2D eigenvalue weighted by atomic mass is 10.2. The SMILES string of the molecule is O=C(CNc1ccc(Br)cc1)N/N=C\c1ccccc1OCc1ccc([N+](=O)[O-])cc1. The van der Waals surface area contributed by atoms with E-state index in [1.54, 1.807) is 24.3 Å². The number of hydrogen-bond acceptors (Lipinski definition) is 6. The van der Waals surface area contributed by atoms with Gasteiger partial charge in [-0.3, -0.25) is 14.9 Å². The Morgan fingerprint density at radius 1 is 1.06 bits per heavy atom. The molecule has 0 saturated heterocycles. The molecule has 0 bridgehead atoms. The van der Waals surface area contributed by atoms with Crippen LogP contribution in [0.15, 0.2) is 82.4 Å². The minimum atomic E-state index is -0.445. The Balaban J connectivity index is 1.52. The number of non-ortho nitro benzene ring substituents is 1. The van der Waals surface area contributed by atoms with Crippen molar-refractivity contribution in [2.75, 3.05) is 11.9 Å². The summed E-state index contributed by atoms with van der Waals surface area (Å²) in [4.78, 5) is 22.3. The molecule has 0 aliphatic rings. The minimum Gasteiger partial charge on any atom is -0.488 e. The first-order valence-corrected chi connectivity index (χ1v) is 10.1. The van der Waals surface area contributed by atoms with Gasteiger partial charge < -0.3 is 10.1 Å². The molecule has 0 aliphatic heterocycles. The van der Waals surface area contributed by atoms with Crippen molar-refractivity contribution in [3.8, 4) is 5.75 Å². The highest BCUT2D eigenvalue weighted by Crippen LogP contribution is 2.19. The zero-order valence-electron chi connectivity index (χ0n) is 16.3. The molecule has 0 saturated carbocycles. The van der Waals surface area contributed by atoms with Crippen molar-refractivity contribution in [3.63, 3.8) is 0 Å². The largest absolute Gasteiger partial charge is 0.488 e. The van der Waals surface area contributed by atoms with Gasteiger partial charge in [-0.05, 0) is 54.1 Å². The molecule has 0 aliphatic carbocycles. The number of anilines is 1. The number of para-hydroxylation sites is 1. The van der Waals surface area contributed by atoms with Crippen LogP contribution in [0.2, 0.25) is 0 Å². The fraction of sp³-hybridized carbons (Fsp3) is 0.0909. The molecule has 1 amide bonds. The van der Waals surface area contributed by atoms with Crippen LogP contribution in [0.25, 0.3) is 0 Å². The highest BCUT2D eigenvalue weighted by Gasteiger charge is 2.06. The Labute approximate surface area is 187 Å². The number of nitro benzene ring substituents is 1. The monoisotopic (exact) mass is 482 g/mol. The first-order valence-electron chi connectivity index (χ1n) is 9.28. The van der Waals surface area contributed by atoms with Gasteiger partial charge in [-0.25, -0.2) is 5.43 Å². The number of carbonyl (C=O) groups excluding carboxylic acids is 1. The summed E-state index contributed by atoms with van der Waals surface area (Å²) in [6, 6.07) is 20.9. The molecule has 0 fully saturated rings. The molecule has 3 aromatic carbocycles. The maximum absolute atomic E-state index is 12.0. The molecular weight excluding hydrogens is 464 g/mol. The van der Waals surface area contributed by atoms with E-state index in [1.807, 2.05) is 36.4 Å². The van der Waals surface area contributed by atoms with Crippen LogP contribution in [0.1, 0.15) is 11.1 Å². The van der Waals surface area contributed by atoms with Gasteiger partial charge in [0.25, 0.3) is 11.6 Å². The fourth-order valence-electron chi connectivity index (χ4n) is 2.56. The maximum atomic E-state index is 12.0. The van der Waals surface area contributed by atoms with Crippen LogP contribution in [0.3, 0.4) is 0 Å². The smallest absolute Gasteiger partial charge is 0.269 e. The molecule has 0 spiro atoms. The number of amides is 1. The van der Waals surface area contributed by atoms with Crippen molar-refractivity contribution in [1.82, 2.24) is 5.43 Å². The standard InChI is InChI=1S/C22H19BrN4O4/c23-18-7-9-19(10-8-18)24-14-22(28)26-25-13-17-3-1-2-4-21(17)31-15-16-5-11-20(12-6-16)27(29)30/h1-13,24H,14-15H2,(H,26,28)/b25-13-. The molecule has 0 atom stereocenters. The number of carbonyl (C=O) groups is 1. The maximum Gasteiger partial charge on any atom is 0.269 e. The Bertz CT molecular complexity index is 1070. The third-order valence-electron chi connectivity index (χ3n) is 4.15. The van der Waals surface area contributed by atoms with Gasteiger partial charge in [0.1, 0.15) is 12.4 Å². The van der Waals surface area contributed by atoms with E-state index >= 15 is 0 Å². The van der Waals surface area contributed by atoms with Gasteiger partial charge >= 0.3 is 0 Å². The summed E-state index contributed by atoms with van der Waals surface area (Å²) in [7, 11) is 0. The van der Waals surface area contributed by atoms with Crippen molar-refractivity contribution < 1.29 is 14.5 Å². The Hall–Kier alpha value is -3.72. The van der Waals surface area contributed by atoms with Gasteiger partial charge in [0.15, 0.2) is 0 Å². The number of ether oxygens (including phenoxy) is 1. The van der Waals surface area contributed by atoms with Gasteiger partial charge in [0, 0.05) is 27.9 Å². The van der Waals surface area contributed by atoms with E-state index in [4.69, 9.17) is 4.74 Å². The second-order valence-electron chi connectivity index (χ2n) is 6.40. The van der Waals surface area contributed by atoms with E-state index in [0.29, 0.717) is 11.3 Å².